The molecule has 3 aromatic rings. The highest BCUT2D eigenvalue weighted by Gasteiger charge is 2.24. The van der Waals surface area contributed by atoms with Gasteiger partial charge in [-0.25, -0.2) is 0 Å². The van der Waals surface area contributed by atoms with Gasteiger partial charge in [0.25, 0.3) is 5.89 Å². The molecule has 1 heterocycles. The van der Waals surface area contributed by atoms with Gasteiger partial charge in [-0.05, 0) is 62.4 Å². The molecule has 0 aliphatic heterocycles. The van der Waals surface area contributed by atoms with Crippen LogP contribution >= 0.6 is 0 Å². The molecule has 1 aliphatic carbocycles. The molecule has 1 atom stereocenters. The van der Waals surface area contributed by atoms with Gasteiger partial charge in [0.15, 0.2) is 0 Å². The first-order valence-corrected chi connectivity index (χ1v) is 10.4. The average Bonchev–Trinajstić information content (AvgIpc) is 3.23. The molecular formula is C23H28N4O3. The Morgan fingerprint density at radius 2 is 2.17 bits per heavy atom. The van der Waals surface area contributed by atoms with E-state index >= 15 is 0 Å². The van der Waals surface area contributed by atoms with Crippen molar-refractivity contribution in [3.05, 3.63) is 47.5 Å². The summed E-state index contributed by atoms with van der Waals surface area (Å²) in [7, 11) is 0. The fraction of sp³-hybridized carbons (Fsp3) is 0.391. The number of nitrogen functional groups attached to an aromatic ring is 1. The molecule has 0 bridgehead atoms. The molecular weight excluding hydrogens is 380 g/mol. The Morgan fingerprint density at radius 3 is 2.93 bits per heavy atom. The van der Waals surface area contributed by atoms with Crippen LogP contribution in [0, 0.1) is 0 Å². The van der Waals surface area contributed by atoms with Crippen LogP contribution in [0.2, 0.25) is 0 Å². The summed E-state index contributed by atoms with van der Waals surface area (Å²) >= 11 is 0. The van der Waals surface area contributed by atoms with Crippen molar-refractivity contribution in [1.29, 1.82) is 0 Å². The van der Waals surface area contributed by atoms with Gasteiger partial charge in [0, 0.05) is 23.7 Å². The van der Waals surface area contributed by atoms with E-state index in [1.807, 2.05) is 38.1 Å². The molecule has 1 aliphatic rings. The molecule has 4 rings (SSSR count). The van der Waals surface area contributed by atoms with Gasteiger partial charge in [-0.3, -0.25) is 0 Å². The van der Waals surface area contributed by atoms with Crippen LogP contribution in [0.15, 0.2) is 40.9 Å². The van der Waals surface area contributed by atoms with Crippen molar-refractivity contribution >= 4 is 5.69 Å². The van der Waals surface area contributed by atoms with Gasteiger partial charge in [-0.1, -0.05) is 23.4 Å². The van der Waals surface area contributed by atoms with Crippen molar-refractivity contribution in [2.75, 3.05) is 18.9 Å². The average molecular weight is 409 g/mol. The van der Waals surface area contributed by atoms with Crippen LogP contribution in [0.25, 0.3) is 22.8 Å². The first kappa shape index (κ1) is 20.4. The second kappa shape index (κ2) is 8.85. The molecule has 30 heavy (non-hydrogen) atoms. The first-order valence-electron chi connectivity index (χ1n) is 10.4. The summed E-state index contributed by atoms with van der Waals surface area (Å²) in [5.41, 5.74) is 10.9. The number of hydrogen-bond donors (Lipinski definition) is 3. The Morgan fingerprint density at radius 1 is 1.30 bits per heavy atom. The van der Waals surface area contributed by atoms with Crippen LogP contribution < -0.4 is 15.8 Å². The Bertz CT molecular complexity index is 1020. The Balaban J connectivity index is 1.63. The smallest absolute Gasteiger partial charge is 0.258 e. The lowest BCUT2D eigenvalue weighted by Gasteiger charge is -2.27. The molecule has 1 unspecified atom stereocenters. The largest absolute Gasteiger partial charge is 0.489 e. The number of aromatic nitrogens is 2. The molecule has 158 valence electrons. The van der Waals surface area contributed by atoms with E-state index in [0.29, 0.717) is 29.7 Å². The summed E-state index contributed by atoms with van der Waals surface area (Å²) in [4.78, 5) is 4.64. The molecule has 2 aromatic carbocycles. The number of rotatable bonds is 7. The van der Waals surface area contributed by atoms with Gasteiger partial charge in [0.1, 0.15) is 5.75 Å². The molecule has 0 fully saturated rings. The number of nitrogens with one attached hydrogen (secondary N) is 1. The Kier molecular flexibility index (Phi) is 6.01. The molecule has 0 radical (unpaired) electrons. The maximum absolute atomic E-state index is 9.16. The topological polar surface area (TPSA) is 106 Å². The van der Waals surface area contributed by atoms with Crippen molar-refractivity contribution < 1.29 is 14.4 Å². The third-order valence-electron chi connectivity index (χ3n) is 5.30. The lowest BCUT2D eigenvalue weighted by atomic mass is 9.84. The van der Waals surface area contributed by atoms with Crippen LogP contribution in [0.5, 0.6) is 5.75 Å². The predicted octanol–water partition coefficient (Wildman–Crippen LogP) is 3.73. The number of hydrogen-bond acceptors (Lipinski definition) is 7. The fourth-order valence-corrected chi connectivity index (χ4v) is 4.00. The maximum Gasteiger partial charge on any atom is 0.258 e. The summed E-state index contributed by atoms with van der Waals surface area (Å²) < 4.78 is 11.3. The number of ether oxygens (including phenoxy) is 1. The van der Waals surface area contributed by atoms with Crippen molar-refractivity contribution in [2.24, 2.45) is 0 Å². The quantitative estimate of drug-likeness (QED) is 0.511. The van der Waals surface area contributed by atoms with Gasteiger partial charge in [-0.15, -0.1) is 0 Å². The number of fused-ring (bicyclic) bond motifs is 1. The molecule has 0 spiro atoms. The monoisotopic (exact) mass is 408 g/mol. The van der Waals surface area contributed by atoms with Crippen molar-refractivity contribution in [2.45, 2.75) is 45.3 Å². The van der Waals surface area contributed by atoms with Crippen LogP contribution in [-0.4, -0.2) is 34.5 Å². The standard InChI is InChI=1S/C23H28N4O3/c1-14(2)29-21-10-9-15(13-19(21)24)23-26-22(27-30-23)18-7-3-6-17-16(18)5-4-8-20(17)25-11-12-28/h3,6-7,9-10,13-14,20,25,28H,4-5,8,11-12,24H2,1-2H3. The molecule has 4 N–H and O–H groups in total. The zero-order chi connectivity index (χ0) is 21.1. The van der Waals surface area contributed by atoms with E-state index in [2.05, 4.69) is 21.5 Å². The summed E-state index contributed by atoms with van der Waals surface area (Å²) in [5.74, 6) is 1.65. The predicted molar refractivity (Wildman–Crippen MR) is 116 cm³/mol. The molecule has 0 saturated carbocycles. The van der Waals surface area contributed by atoms with Crippen LogP contribution in [0.1, 0.15) is 43.9 Å². The lowest BCUT2D eigenvalue weighted by Crippen LogP contribution is -2.27. The zero-order valence-electron chi connectivity index (χ0n) is 17.4. The number of aliphatic hydroxyl groups is 1. The molecule has 0 saturated heterocycles. The minimum atomic E-state index is 0.0492. The number of nitrogens with zero attached hydrogens (tertiary/aromatic N) is 2. The summed E-state index contributed by atoms with van der Waals surface area (Å²) in [6, 6.07) is 11.9. The maximum atomic E-state index is 9.16. The van der Waals surface area contributed by atoms with Gasteiger partial charge in [-0.2, -0.15) is 4.98 Å². The van der Waals surface area contributed by atoms with Crippen LogP contribution in [0.3, 0.4) is 0 Å². The van der Waals surface area contributed by atoms with Crippen LogP contribution in [0.4, 0.5) is 5.69 Å². The first-order chi connectivity index (χ1) is 14.6. The highest BCUT2D eigenvalue weighted by molar-refractivity contribution is 5.68. The minimum absolute atomic E-state index is 0.0492. The van der Waals surface area contributed by atoms with E-state index in [4.69, 9.17) is 20.1 Å². The second-order valence-corrected chi connectivity index (χ2v) is 7.84. The molecule has 1 aromatic heterocycles. The molecule has 0 amide bonds. The van der Waals surface area contributed by atoms with Gasteiger partial charge >= 0.3 is 0 Å². The molecule has 7 heteroatoms. The van der Waals surface area contributed by atoms with E-state index in [-0.39, 0.29) is 18.8 Å². The van der Waals surface area contributed by atoms with Gasteiger partial charge in [0.2, 0.25) is 5.82 Å². The summed E-state index contributed by atoms with van der Waals surface area (Å²) in [6.07, 6.45) is 3.15. The van der Waals surface area contributed by atoms with Crippen molar-refractivity contribution in [1.82, 2.24) is 15.5 Å². The van der Waals surface area contributed by atoms with E-state index in [1.54, 1.807) is 6.07 Å². The molecule has 7 nitrogen and oxygen atoms in total. The Hall–Kier alpha value is -2.90. The summed E-state index contributed by atoms with van der Waals surface area (Å²) in [5, 5.41) is 16.8. The second-order valence-electron chi connectivity index (χ2n) is 7.84. The normalized spacial score (nSPS) is 15.9. The minimum Gasteiger partial charge on any atom is -0.489 e. The zero-order valence-corrected chi connectivity index (χ0v) is 17.4. The van der Waals surface area contributed by atoms with Crippen molar-refractivity contribution in [3.8, 4) is 28.6 Å². The number of anilines is 1. The van der Waals surface area contributed by atoms with Crippen LogP contribution in [-0.2, 0) is 6.42 Å². The van der Waals surface area contributed by atoms with E-state index in [1.165, 1.54) is 11.1 Å². The lowest BCUT2D eigenvalue weighted by molar-refractivity contribution is 0.244. The highest BCUT2D eigenvalue weighted by Crippen LogP contribution is 2.36. The van der Waals surface area contributed by atoms with Gasteiger partial charge in [0.05, 0.1) is 18.4 Å². The number of nitrogens with two attached hydrogens (primary N) is 1. The third kappa shape index (κ3) is 4.17. The fourth-order valence-electron chi connectivity index (χ4n) is 4.00. The SMILES string of the molecule is CC(C)Oc1ccc(-c2nc(-c3cccc4c3CCCC4NCCO)no2)cc1N. The van der Waals surface area contributed by atoms with E-state index in [9.17, 15) is 0 Å². The third-order valence-corrected chi connectivity index (χ3v) is 5.30. The Labute approximate surface area is 176 Å². The van der Waals surface area contributed by atoms with Crippen molar-refractivity contribution in [3.63, 3.8) is 0 Å². The highest BCUT2D eigenvalue weighted by atomic mass is 16.5. The number of aliphatic hydroxyl groups excluding tert-OH is 1. The van der Waals surface area contributed by atoms with E-state index < -0.39 is 0 Å². The number of benzene rings is 2. The summed E-state index contributed by atoms with van der Waals surface area (Å²) in [6.45, 7) is 4.63. The van der Waals surface area contributed by atoms with E-state index in [0.717, 1.165) is 30.4 Å². The van der Waals surface area contributed by atoms with Gasteiger partial charge < -0.3 is 25.4 Å².